The molecule has 0 aliphatic carbocycles. The third kappa shape index (κ3) is 3.30. The Morgan fingerprint density at radius 3 is 2.61 bits per heavy atom. The highest BCUT2D eigenvalue weighted by molar-refractivity contribution is 6.39. The maximum Gasteiger partial charge on any atom is 0.260 e. The number of benzene rings is 1. The van der Waals surface area contributed by atoms with Crippen LogP contribution in [0.1, 0.15) is 16.1 Å². The SMILES string of the molecule is Cc1cn(-c2c(Cl)cnc3c(NC(=O)c4c(Cl)ccnc4Cl)cccc23)cn1. The molecule has 3 aromatic heterocycles. The molecule has 0 bridgehead atoms. The van der Waals surface area contributed by atoms with Crippen molar-refractivity contribution in [2.75, 3.05) is 5.32 Å². The van der Waals surface area contributed by atoms with Crippen molar-refractivity contribution < 1.29 is 4.79 Å². The molecule has 3 heterocycles. The highest BCUT2D eigenvalue weighted by Crippen LogP contribution is 2.32. The minimum Gasteiger partial charge on any atom is -0.320 e. The molecule has 1 N–H and O–H groups in total. The molecule has 0 fully saturated rings. The normalized spacial score (nSPS) is 11.0. The Labute approximate surface area is 175 Å². The minimum atomic E-state index is -0.479. The van der Waals surface area contributed by atoms with Crippen LogP contribution in [-0.4, -0.2) is 25.4 Å². The highest BCUT2D eigenvalue weighted by Gasteiger charge is 2.18. The minimum absolute atomic E-state index is 0.0239. The summed E-state index contributed by atoms with van der Waals surface area (Å²) in [5, 5.41) is 4.26. The Bertz CT molecular complexity index is 1200. The Morgan fingerprint density at radius 1 is 1.07 bits per heavy atom. The third-order valence-corrected chi connectivity index (χ3v) is 5.00. The first-order valence-corrected chi connectivity index (χ1v) is 9.28. The van der Waals surface area contributed by atoms with E-state index in [0.717, 1.165) is 16.8 Å². The van der Waals surface area contributed by atoms with Gasteiger partial charge in [-0.15, -0.1) is 0 Å². The molecule has 140 valence electrons. The molecule has 0 radical (unpaired) electrons. The fourth-order valence-electron chi connectivity index (χ4n) is 2.89. The smallest absolute Gasteiger partial charge is 0.260 e. The number of hydrogen-bond acceptors (Lipinski definition) is 4. The van der Waals surface area contributed by atoms with E-state index in [1.165, 1.54) is 18.5 Å². The van der Waals surface area contributed by atoms with Crippen LogP contribution in [0.5, 0.6) is 0 Å². The van der Waals surface area contributed by atoms with Crippen LogP contribution in [0.4, 0.5) is 5.69 Å². The monoisotopic (exact) mass is 431 g/mol. The average Bonchev–Trinajstić information content (AvgIpc) is 3.07. The lowest BCUT2D eigenvalue weighted by Gasteiger charge is -2.13. The van der Waals surface area contributed by atoms with E-state index in [1.807, 2.05) is 23.8 Å². The van der Waals surface area contributed by atoms with Gasteiger partial charge in [0.15, 0.2) is 0 Å². The molecule has 0 saturated heterocycles. The molecule has 6 nitrogen and oxygen atoms in total. The van der Waals surface area contributed by atoms with Crippen LogP contribution >= 0.6 is 34.8 Å². The van der Waals surface area contributed by atoms with Crippen LogP contribution in [-0.2, 0) is 0 Å². The van der Waals surface area contributed by atoms with Crippen molar-refractivity contribution in [3.63, 3.8) is 0 Å². The summed E-state index contributed by atoms with van der Waals surface area (Å²) in [5.74, 6) is -0.479. The quantitative estimate of drug-likeness (QED) is 0.444. The van der Waals surface area contributed by atoms with E-state index >= 15 is 0 Å². The van der Waals surface area contributed by atoms with Gasteiger partial charge < -0.3 is 9.88 Å². The van der Waals surface area contributed by atoms with E-state index in [-0.39, 0.29) is 15.7 Å². The second-order valence-electron chi connectivity index (χ2n) is 5.99. The van der Waals surface area contributed by atoms with Gasteiger partial charge in [0.25, 0.3) is 5.91 Å². The lowest BCUT2D eigenvalue weighted by Crippen LogP contribution is -2.14. The molecule has 0 spiro atoms. The number of para-hydroxylation sites is 1. The number of fused-ring (bicyclic) bond motifs is 1. The molecule has 4 rings (SSSR count). The van der Waals surface area contributed by atoms with E-state index in [0.29, 0.717) is 16.2 Å². The van der Waals surface area contributed by atoms with E-state index in [2.05, 4.69) is 20.3 Å². The number of carbonyl (C=O) groups excluding carboxylic acids is 1. The molecule has 1 aromatic carbocycles. The van der Waals surface area contributed by atoms with Crippen LogP contribution in [0.2, 0.25) is 15.2 Å². The lowest BCUT2D eigenvalue weighted by atomic mass is 10.1. The van der Waals surface area contributed by atoms with Gasteiger partial charge >= 0.3 is 0 Å². The number of nitrogens with zero attached hydrogens (tertiary/aromatic N) is 4. The van der Waals surface area contributed by atoms with Crippen molar-refractivity contribution >= 4 is 57.3 Å². The van der Waals surface area contributed by atoms with Crippen molar-refractivity contribution in [3.8, 4) is 5.69 Å². The van der Waals surface area contributed by atoms with E-state index < -0.39 is 5.91 Å². The van der Waals surface area contributed by atoms with Gasteiger partial charge in [0, 0.05) is 24.0 Å². The first-order chi connectivity index (χ1) is 13.5. The zero-order valence-corrected chi connectivity index (χ0v) is 16.7. The van der Waals surface area contributed by atoms with Gasteiger partial charge in [0.1, 0.15) is 5.15 Å². The largest absolute Gasteiger partial charge is 0.320 e. The van der Waals surface area contributed by atoms with Gasteiger partial charge in [0.2, 0.25) is 0 Å². The highest BCUT2D eigenvalue weighted by atomic mass is 35.5. The van der Waals surface area contributed by atoms with Gasteiger partial charge in [0.05, 0.1) is 44.5 Å². The number of aromatic nitrogens is 4. The second-order valence-corrected chi connectivity index (χ2v) is 7.16. The Morgan fingerprint density at radius 2 is 1.89 bits per heavy atom. The molecule has 0 saturated carbocycles. The molecule has 0 aliphatic rings. The summed E-state index contributed by atoms with van der Waals surface area (Å²) in [6.07, 6.45) is 6.51. The molecule has 28 heavy (non-hydrogen) atoms. The van der Waals surface area contributed by atoms with E-state index in [4.69, 9.17) is 34.8 Å². The summed E-state index contributed by atoms with van der Waals surface area (Å²) in [7, 11) is 0. The van der Waals surface area contributed by atoms with Crippen molar-refractivity contribution in [2.24, 2.45) is 0 Å². The number of anilines is 1. The topological polar surface area (TPSA) is 72.7 Å². The molecule has 0 atom stereocenters. The zero-order chi connectivity index (χ0) is 19.8. The fourth-order valence-corrected chi connectivity index (χ4v) is 3.67. The summed E-state index contributed by atoms with van der Waals surface area (Å²) in [5.41, 5.74) is 2.74. The molecule has 0 unspecified atom stereocenters. The number of hydrogen-bond donors (Lipinski definition) is 1. The van der Waals surface area contributed by atoms with Crippen LogP contribution in [0.25, 0.3) is 16.6 Å². The number of amides is 1. The maximum atomic E-state index is 12.7. The molecule has 1 amide bonds. The van der Waals surface area contributed by atoms with Crippen LogP contribution in [0.15, 0.2) is 49.2 Å². The van der Waals surface area contributed by atoms with Gasteiger partial charge in [-0.2, -0.15) is 0 Å². The third-order valence-electron chi connectivity index (χ3n) is 4.12. The number of nitrogens with one attached hydrogen (secondary N) is 1. The first-order valence-electron chi connectivity index (χ1n) is 8.15. The maximum absolute atomic E-state index is 12.7. The standard InChI is InChI=1S/C19H12Cl3N5O/c1-10-8-27(9-25-10)17-11-3-2-4-14(16(11)24-7-13(17)21)26-19(28)15-12(20)5-6-23-18(15)22/h2-9H,1H3,(H,26,28). The summed E-state index contributed by atoms with van der Waals surface area (Å²) in [6.45, 7) is 1.89. The molecule has 9 heteroatoms. The Balaban J connectivity index is 1.82. The van der Waals surface area contributed by atoms with Crippen LogP contribution < -0.4 is 5.32 Å². The van der Waals surface area contributed by atoms with Gasteiger partial charge in [-0.25, -0.2) is 9.97 Å². The van der Waals surface area contributed by atoms with Gasteiger partial charge in [-0.1, -0.05) is 46.9 Å². The second kappa shape index (κ2) is 7.39. The first kappa shape index (κ1) is 18.7. The number of pyridine rings is 2. The van der Waals surface area contributed by atoms with Gasteiger partial charge in [-0.3, -0.25) is 9.78 Å². The molecular formula is C19H12Cl3N5O. The number of imidazole rings is 1. The average molecular weight is 433 g/mol. The van der Waals surface area contributed by atoms with Crippen molar-refractivity contribution in [2.45, 2.75) is 6.92 Å². The predicted molar refractivity (Wildman–Crippen MR) is 111 cm³/mol. The van der Waals surface area contributed by atoms with Crippen LogP contribution in [0, 0.1) is 6.92 Å². The summed E-state index contributed by atoms with van der Waals surface area (Å²) in [4.78, 5) is 25.3. The predicted octanol–water partition coefficient (Wildman–Crippen LogP) is 5.34. The Hall–Kier alpha value is -2.67. The fraction of sp³-hybridized carbons (Fsp3) is 0.0526. The number of carbonyl (C=O) groups is 1. The Kier molecular flexibility index (Phi) is 4.93. The summed E-state index contributed by atoms with van der Waals surface area (Å²) < 4.78 is 1.82. The van der Waals surface area contributed by atoms with Gasteiger partial charge in [-0.05, 0) is 19.1 Å². The van der Waals surface area contributed by atoms with Crippen LogP contribution in [0.3, 0.4) is 0 Å². The lowest BCUT2D eigenvalue weighted by molar-refractivity contribution is 0.102. The number of halogens is 3. The van der Waals surface area contributed by atoms with Crippen molar-refractivity contribution in [1.29, 1.82) is 0 Å². The zero-order valence-electron chi connectivity index (χ0n) is 14.4. The summed E-state index contributed by atoms with van der Waals surface area (Å²) >= 11 is 18.5. The number of aryl methyl sites for hydroxylation is 1. The molecule has 4 aromatic rings. The van der Waals surface area contributed by atoms with Crippen molar-refractivity contribution in [3.05, 3.63) is 75.6 Å². The molecular weight excluding hydrogens is 421 g/mol. The summed E-state index contributed by atoms with van der Waals surface area (Å²) in [6, 6.07) is 6.92. The van der Waals surface area contributed by atoms with E-state index in [9.17, 15) is 4.79 Å². The molecule has 0 aliphatic heterocycles. The van der Waals surface area contributed by atoms with Crippen molar-refractivity contribution in [1.82, 2.24) is 19.5 Å². The number of rotatable bonds is 3. The van der Waals surface area contributed by atoms with E-state index in [1.54, 1.807) is 18.5 Å².